The van der Waals surface area contributed by atoms with Gasteiger partial charge in [-0.25, -0.2) is 4.79 Å². The Morgan fingerprint density at radius 2 is 1.62 bits per heavy atom. The Bertz CT molecular complexity index is 575. The van der Waals surface area contributed by atoms with Gasteiger partial charge in [0.1, 0.15) is 6.29 Å². The molecule has 0 aromatic rings. The minimum atomic E-state index is -1.59. The summed E-state index contributed by atoms with van der Waals surface area (Å²) in [6.45, 7) is 4.53. The van der Waals surface area contributed by atoms with Crippen LogP contribution in [0.5, 0.6) is 0 Å². The van der Waals surface area contributed by atoms with Crippen LogP contribution in [0.3, 0.4) is 0 Å². The standard InChI is InChI=1S/C25H43NO6/c1-2-3-4-5-6-7-8-9-10-11-12-13-18-31-23-21-22(14-17-27)25(32-23,24(28)29)26-15-19-30-20-16-26/h17,21-22H,2-16,18-20H2,1H3,(H,28,29). The van der Waals surface area contributed by atoms with Crippen LogP contribution < -0.4 is 0 Å². The molecule has 32 heavy (non-hydrogen) atoms. The maximum absolute atomic E-state index is 12.2. The summed E-state index contributed by atoms with van der Waals surface area (Å²) in [5.74, 6) is -1.44. The molecule has 1 N–H and O–H groups in total. The molecule has 7 nitrogen and oxygen atoms in total. The van der Waals surface area contributed by atoms with E-state index >= 15 is 0 Å². The van der Waals surface area contributed by atoms with E-state index in [-0.39, 0.29) is 12.4 Å². The van der Waals surface area contributed by atoms with Gasteiger partial charge in [-0.3, -0.25) is 4.90 Å². The zero-order chi connectivity index (χ0) is 23.1. The fraction of sp³-hybridized carbons (Fsp3) is 0.840. The summed E-state index contributed by atoms with van der Waals surface area (Å²) in [6.07, 6.45) is 17.7. The number of ether oxygens (including phenoxy) is 3. The predicted molar refractivity (Wildman–Crippen MR) is 123 cm³/mol. The zero-order valence-electron chi connectivity index (χ0n) is 19.9. The molecule has 0 amide bonds. The highest BCUT2D eigenvalue weighted by atomic mass is 16.7. The molecule has 2 unspecified atom stereocenters. The van der Waals surface area contributed by atoms with Gasteiger partial charge in [0.15, 0.2) is 0 Å². The van der Waals surface area contributed by atoms with Crippen molar-refractivity contribution in [3.8, 4) is 0 Å². The Morgan fingerprint density at radius 3 is 2.16 bits per heavy atom. The fourth-order valence-corrected chi connectivity index (χ4v) is 4.60. The summed E-state index contributed by atoms with van der Waals surface area (Å²) in [6, 6.07) is 0. The lowest BCUT2D eigenvalue weighted by atomic mass is 9.92. The van der Waals surface area contributed by atoms with Gasteiger partial charge in [0.05, 0.1) is 25.7 Å². The van der Waals surface area contributed by atoms with E-state index in [0.29, 0.717) is 32.9 Å². The number of carbonyl (C=O) groups is 2. The van der Waals surface area contributed by atoms with Crippen molar-refractivity contribution in [3.63, 3.8) is 0 Å². The van der Waals surface area contributed by atoms with E-state index in [4.69, 9.17) is 14.2 Å². The van der Waals surface area contributed by atoms with Crippen molar-refractivity contribution in [2.45, 2.75) is 96.1 Å². The number of rotatable bonds is 18. The molecule has 0 radical (unpaired) electrons. The van der Waals surface area contributed by atoms with E-state index < -0.39 is 17.6 Å². The number of hydrogen-bond donors (Lipinski definition) is 1. The number of nitrogens with zero attached hydrogens (tertiary/aromatic N) is 1. The van der Waals surface area contributed by atoms with Crippen molar-refractivity contribution in [3.05, 3.63) is 12.0 Å². The molecule has 2 atom stereocenters. The van der Waals surface area contributed by atoms with E-state index in [9.17, 15) is 14.7 Å². The van der Waals surface area contributed by atoms with Crippen molar-refractivity contribution < 1.29 is 28.9 Å². The summed E-state index contributed by atoms with van der Waals surface area (Å²) in [4.78, 5) is 25.2. The molecule has 2 aliphatic rings. The van der Waals surface area contributed by atoms with Crippen molar-refractivity contribution in [1.82, 2.24) is 4.90 Å². The highest BCUT2D eigenvalue weighted by Gasteiger charge is 2.57. The number of hydrogen-bond acceptors (Lipinski definition) is 6. The van der Waals surface area contributed by atoms with Crippen LogP contribution in [0.25, 0.3) is 0 Å². The Balaban J connectivity index is 1.64. The largest absolute Gasteiger partial charge is 0.477 e. The summed E-state index contributed by atoms with van der Waals surface area (Å²) >= 11 is 0. The summed E-state index contributed by atoms with van der Waals surface area (Å²) < 4.78 is 17.0. The van der Waals surface area contributed by atoms with Crippen LogP contribution in [-0.2, 0) is 23.8 Å². The van der Waals surface area contributed by atoms with Crippen LogP contribution in [-0.4, -0.2) is 60.9 Å². The maximum Gasteiger partial charge on any atom is 0.364 e. The van der Waals surface area contributed by atoms with Crippen LogP contribution >= 0.6 is 0 Å². The van der Waals surface area contributed by atoms with E-state index in [1.165, 1.54) is 64.2 Å². The molecule has 0 spiro atoms. The molecule has 184 valence electrons. The van der Waals surface area contributed by atoms with Gasteiger partial charge in [-0.1, -0.05) is 77.6 Å². The van der Waals surface area contributed by atoms with E-state index in [0.717, 1.165) is 19.1 Å². The third kappa shape index (κ3) is 8.07. The van der Waals surface area contributed by atoms with E-state index in [1.54, 1.807) is 11.0 Å². The van der Waals surface area contributed by atoms with Crippen LogP contribution in [0.1, 0.15) is 90.4 Å². The van der Waals surface area contributed by atoms with Crippen molar-refractivity contribution in [2.24, 2.45) is 5.92 Å². The first-order valence-corrected chi connectivity index (χ1v) is 12.7. The van der Waals surface area contributed by atoms with Crippen LogP contribution in [0.2, 0.25) is 0 Å². The quantitative estimate of drug-likeness (QED) is 0.233. The second-order valence-electron chi connectivity index (χ2n) is 8.94. The van der Waals surface area contributed by atoms with Gasteiger partial charge in [-0.15, -0.1) is 0 Å². The topological polar surface area (TPSA) is 85.3 Å². The molecular weight excluding hydrogens is 410 g/mol. The molecule has 1 saturated heterocycles. The Hall–Kier alpha value is -1.60. The molecule has 0 saturated carbocycles. The van der Waals surface area contributed by atoms with Crippen LogP contribution in [0.15, 0.2) is 12.0 Å². The normalized spacial score (nSPS) is 23.5. The summed E-state index contributed by atoms with van der Waals surface area (Å²) in [5.41, 5.74) is -1.59. The van der Waals surface area contributed by atoms with E-state index in [1.807, 2.05) is 0 Å². The number of aldehydes is 1. The third-order valence-electron chi connectivity index (χ3n) is 6.48. The second kappa shape index (κ2) is 15.3. The first kappa shape index (κ1) is 26.7. The SMILES string of the molecule is CCCCCCCCCCCCCCOC1=CC(CC=O)C(C(=O)O)(N2CCOCC2)O1. The first-order valence-electron chi connectivity index (χ1n) is 12.7. The molecule has 2 rings (SSSR count). The average molecular weight is 454 g/mol. The van der Waals surface area contributed by atoms with Gasteiger partial charge in [-0.05, 0) is 6.42 Å². The molecule has 7 heteroatoms. The maximum atomic E-state index is 12.2. The van der Waals surface area contributed by atoms with Crippen molar-refractivity contribution in [1.29, 1.82) is 0 Å². The van der Waals surface area contributed by atoms with Gasteiger partial charge in [0.25, 0.3) is 11.7 Å². The highest BCUT2D eigenvalue weighted by molar-refractivity contribution is 5.79. The number of carboxylic acids is 1. The molecular formula is C25H43NO6. The van der Waals surface area contributed by atoms with Gasteiger partial charge < -0.3 is 24.1 Å². The molecule has 2 aliphatic heterocycles. The third-order valence-corrected chi connectivity index (χ3v) is 6.48. The highest BCUT2D eigenvalue weighted by Crippen LogP contribution is 2.39. The predicted octanol–water partition coefficient (Wildman–Crippen LogP) is 4.89. The van der Waals surface area contributed by atoms with Gasteiger partial charge in [0, 0.05) is 25.6 Å². The van der Waals surface area contributed by atoms with Gasteiger partial charge >= 0.3 is 5.97 Å². The Kier molecular flexibility index (Phi) is 12.7. The van der Waals surface area contributed by atoms with Crippen molar-refractivity contribution in [2.75, 3.05) is 32.9 Å². The molecule has 0 aromatic carbocycles. The lowest BCUT2D eigenvalue weighted by molar-refractivity contribution is -0.210. The monoisotopic (exact) mass is 453 g/mol. The summed E-state index contributed by atoms with van der Waals surface area (Å²) in [7, 11) is 0. The molecule has 0 aliphatic carbocycles. The molecule has 2 heterocycles. The van der Waals surface area contributed by atoms with Crippen LogP contribution in [0.4, 0.5) is 0 Å². The number of morpholine rings is 1. The van der Waals surface area contributed by atoms with Crippen molar-refractivity contribution >= 4 is 12.3 Å². The molecule has 1 fully saturated rings. The van der Waals surface area contributed by atoms with Gasteiger partial charge in [0.2, 0.25) is 0 Å². The van der Waals surface area contributed by atoms with Crippen LogP contribution in [0, 0.1) is 5.92 Å². The number of carboxylic acid groups (broad SMARTS) is 1. The lowest BCUT2D eigenvalue weighted by Crippen LogP contribution is -2.61. The Morgan fingerprint density at radius 1 is 1.06 bits per heavy atom. The first-order chi connectivity index (χ1) is 15.6. The smallest absolute Gasteiger partial charge is 0.364 e. The van der Waals surface area contributed by atoms with E-state index in [2.05, 4.69) is 6.92 Å². The minimum Gasteiger partial charge on any atom is -0.477 e. The average Bonchev–Trinajstić information content (AvgIpc) is 3.17. The Labute approximate surface area is 193 Å². The lowest BCUT2D eigenvalue weighted by Gasteiger charge is -2.41. The number of unbranched alkanes of at least 4 members (excludes halogenated alkanes) is 11. The minimum absolute atomic E-state index is 0.0785. The summed E-state index contributed by atoms with van der Waals surface area (Å²) in [5, 5.41) is 10.0. The molecule has 0 aromatic heterocycles. The fourth-order valence-electron chi connectivity index (χ4n) is 4.60. The number of aliphatic carboxylic acids is 1. The number of carbonyl (C=O) groups excluding carboxylic acids is 1. The zero-order valence-corrected chi connectivity index (χ0v) is 19.9. The molecule has 0 bridgehead atoms. The van der Waals surface area contributed by atoms with Gasteiger partial charge in [-0.2, -0.15) is 0 Å². The second-order valence-corrected chi connectivity index (χ2v) is 8.94.